The molecule has 3 aromatic rings. The second-order valence-corrected chi connectivity index (χ2v) is 6.50. The zero-order valence-corrected chi connectivity index (χ0v) is 15.7. The quantitative estimate of drug-likeness (QED) is 0.369. The number of nitrogens with zero attached hydrogens (tertiary/aromatic N) is 3. The number of nitro groups is 1. The Hall–Kier alpha value is -3.62. The summed E-state index contributed by atoms with van der Waals surface area (Å²) >= 11 is 0. The molecule has 0 spiro atoms. The number of halogens is 1. The standard InChI is InChI=1S/C20H19FN4O4/c1-2-3-6-11-24-20(27)15-8-5-4-7-14(15)18(23-24)19(26)22-17-12-13(25(28)29)9-10-16(17)21/h4-5,7-10,12H,2-3,6,11H2,1H3,(H,22,26). The van der Waals surface area contributed by atoms with Gasteiger partial charge in [0.1, 0.15) is 5.82 Å². The minimum Gasteiger partial charge on any atom is -0.318 e. The summed E-state index contributed by atoms with van der Waals surface area (Å²) in [6, 6.07) is 9.38. The van der Waals surface area contributed by atoms with Crippen molar-refractivity contribution in [2.75, 3.05) is 5.32 Å². The lowest BCUT2D eigenvalue weighted by atomic mass is 10.1. The second kappa shape index (κ2) is 8.59. The van der Waals surface area contributed by atoms with Crippen molar-refractivity contribution in [3.05, 3.63) is 74.4 Å². The Morgan fingerprint density at radius 2 is 1.93 bits per heavy atom. The zero-order valence-electron chi connectivity index (χ0n) is 15.7. The Morgan fingerprint density at radius 1 is 1.21 bits per heavy atom. The van der Waals surface area contributed by atoms with Crippen LogP contribution in [0.1, 0.15) is 36.7 Å². The van der Waals surface area contributed by atoms with E-state index in [2.05, 4.69) is 10.4 Å². The highest BCUT2D eigenvalue weighted by Gasteiger charge is 2.19. The predicted molar refractivity (Wildman–Crippen MR) is 107 cm³/mol. The van der Waals surface area contributed by atoms with Gasteiger partial charge in [0.05, 0.1) is 16.0 Å². The number of rotatable bonds is 7. The fraction of sp³-hybridized carbons (Fsp3) is 0.250. The molecule has 0 aliphatic carbocycles. The molecule has 0 aliphatic heterocycles. The van der Waals surface area contributed by atoms with Crippen LogP contribution in [0.3, 0.4) is 0 Å². The minimum absolute atomic E-state index is 0.0531. The molecular weight excluding hydrogens is 379 g/mol. The van der Waals surface area contributed by atoms with Crippen LogP contribution < -0.4 is 10.9 Å². The van der Waals surface area contributed by atoms with E-state index in [0.29, 0.717) is 17.3 Å². The molecule has 9 heteroatoms. The van der Waals surface area contributed by atoms with Gasteiger partial charge >= 0.3 is 0 Å². The summed E-state index contributed by atoms with van der Waals surface area (Å²) in [7, 11) is 0. The number of fused-ring (bicyclic) bond motifs is 1. The first-order valence-electron chi connectivity index (χ1n) is 9.17. The van der Waals surface area contributed by atoms with E-state index < -0.39 is 16.6 Å². The van der Waals surface area contributed by atoms with E-state index in [4.69, 9.17) is 0 Å². The van der Waals surface area contributed by atoms with Crippen molar-refractivity contribution in [3.8, 4) is 0 Å². The maximum Gasteiger partial charge on any atom is 0.276 e. The lowest BCUT2D eigenvalue weighted by Gasteiger charge is -2.11. The molecule has 1 aromatic heterocycles. The average Bonchev–Trinajstić information content (AvgIpc) is 2.71. The average molecular weight is 398 g/mol. The summed E-state index contributed by atoms with van der Waals surface area (Å²) < 4.78 is 15.3. The largest absolute Gasteiger partial charge is 0.318 e. The fourth-order valence-electron chi connectivity index (χ4n) is 2.97. The van der Waals surface area contributed by atoms with E-state index in [0.717, 1.165) is 37.5 Å². The van der Waals surface area contributed by atoms with Gasteiger partial charge < -0.3 is 5.32 Å². The van der Waals surface area contributed by atoms with Crippen LogP contribution in [-0.4, -0.2) is 20.6 Å². The van der Waals surface area contributed by atoms with Crippen LogP contribution in [0.2, 0.25) is 0 Å². The molecule has 0 aliphatic rings. The number of carbonyl (C=O) groups excluding carboxylic acids is 1. The van der Waals surface area contributed by atoms with Crippen molar-refractivity contribution in [1.82, 2.24) is 9.78 Å². The van der Waals surface area contributed by atoms with Gasteiger partial charge in [-0.2, -0.15) is 5.10 Å². The van der Waals surface area contributed by atoms with Gasteiger partial charge in [0, 0.05) is 24.1 Å². The Bertz CT molecular complexity index is 1140. The highest BCUT2D eigenvalue weighted by atomic mass is 19.1. The first-order valence-corrected chi connectivity index (χ1v) is 9.17. The number of non-ortho nitro benzene ring substituents is 1. The fourth-order valence-corrected chi connectivity index (χ4v) is 2.97. The summed E-state index contributed by atoms with van der Waals surface area (Å²) in [5.41, 5.74) is -1.06. The van der Waals surface area contributed by atoms with Crippen molar-refractivity contribution in [2.45, 2.75) is 32.7 Å². The lowest BCUT2D eigenvalue weighted by molar-refractivity contribution is -0.384. The summed E-state index contributed by atoms with van der Waals surface area (Å²) in [6.45, 7) is 2.38. The Balaban J connectivity index is 2.03. The van der Waals surface area contributed by atoms with Crippen molar-refractivity contribution in [3.63, 3.8) is 0 Å². The normalized spacial score (nSPS) is 10.8. The summed E-state index contributed by atoms with van der Waals surface area (Å²) in [5, 5.41) is 18.1. The van der Waals surface area contributed by atoms with Gasteiger partial charge in [0.25, 0.3) is 17.2 Å². The van der Waals surface area contributed by atoms with Crippen LogP contribution in [-0.2, 0) is 6.54 Å². The Morgan fingerprint density at radius 3 is 2.62 bits per heavy atom. The van der Waals surface area contributed by atoms with Gasteiger partial charge in [-0.25, -0.2) is 9.07 Å². The van der Waals surface area contributed by atoms with E-state index in [1.54, 1.807) is 24.3 Å². The molecule has 0 atom stereocenters. The van der Waals surface area contributed by atoms with Gasteiger partial charge in [0.15, 0.2) is 5.69 Å². The van der Waals surface area contributed by atoms with Gasteiger partial charge in [0.2, 0.25) is 0 Å². The van der Waals surface area contributed by atoms with E-state index in [1.807, 2.05) is 6.92 Å². The molecule has 0 bridgehead atoms. The molecule has 0 saturated carbocycles. The van der Waals surface area contributed by atoms with Crippen LogP contribution >= 0.6 is 0 Å². The first kappa shape index (κ1) is 20.1. The van der Waals surface area contributed by atoms with E-state index in [1.165, 1.54) is 4.68 Å². The Labute approximate surface area is 165 Å². The van der Waals surface area contributed by atoms with E-state index >= 15 is 0 Å². The molecule has 0 saturated heterocycles. The molecule has 8 nitrogen and oxygen atoms in total. The third kappa shape index (κ3) is 4.29. The van der Waals surface area contributed by atoms with Gasteiger partial charge in [-0.05, 0) is 18.6 Å². The van der Waals surface area contributed by atoms with E-state index in [-0.39, 0.29) is 22.6 Å². The number of unbranched alkanes of at least 4 members (excludes halogenated alkanes) is 2. The molecule has 1 amide bonds. The maximum atomic E-state index is 14.1. The highest BCUT2D eigenvalue weighted by molar-refractivity contribution is 6.11. The molecule has 0 fully saturated rings. The SMILES string of the molecule is CCCCCn1nc(C(=O)Nc2cc([N+](=O)[O-])ccc2F)c2ccccc2c1=O. The number of hydrogen-bond acceptors (Lipinski definition) is 5. The van der Waals surface area contributed by atoms with Crippen LogP contribution in [0.5, 0.6) is 0 Å². The molecule has 0 radical (unpaired) electrons. The van der Waals surface area contributed by atoms with Crippen molar-refractivity contribution < 1.29 is 14.1 Å². The highest BCUT2D eigenvalue weighted by Crippen LogP contribution is 2.22. The van der Waals surface area contributed by atoms with Gasteiger partial charge in [-0.15, -0.1) is 0 Å². The molecule has 29 heavy (non-hydrogen) atoms. The number of aromatic nitrogens is 2. The molecule has 1 heterocycles. The molecule has 2 aromatic carbocycles. The number of carbonyl (C=O) groups is 1. The predicted octanol–water partition coefficient (Wildman–Crippen LogP) is 3.89. The number of aryl methyl sites for hydroxylation is 1. The maximum absolute atomic E-state index is 14.1. The minimum atomic E-state index is -0.815. The lowest BCUT2D eigenvalue weighted by Crippen LogP contribution is -2.28. The van der Waals surface area contributed by atoms with Crippen LogP contribution in [0.4, 0.5) is 15.8 Å². The third-order valence-corrected chi connectivity index (χ3v) is 4.47. The summed E-state index contributed by atoms with van der Waals surface area (Å²) in [5.74, 6) is -1.57. The van der Waals surface area contributed by atoms with Crippen molar-refractivity contribution in [2.24, 2.45) is 0 Å². The molecule has 150 valence electrons. The smallest absolute Gasteiger partial charge is 0.276 e. The van der Waals surface area contributed by atoms with Crippen LogP contribution in [0, 0.1) is 15.9 Å². The second-order valence-electron chi connectivity index (χ2n) is 6.50. The van der Waals surface area contributed by atoms with Crippen molar-refractivity contribution in [1.29, 1.82) is 0 Å². The number of anilines is 1. The molecular formula is C20H19FN4O4. The summed E-state index contributed by atoms with van der Waals surface area (Å²) in [4.78, 5) is 35.7. The number of hydrogen-bond donors (Lipinski definition) is 1. The molecule has 3 rings (SSSR count). The number of benzene rings is 2. The number of nitro benzene ring substituents is 1. The van der Waals surface area contributed by atoms with Crippen LogP contribution in [0.25, 0.3) is 10.8 Å². The summed E-state index contributed by atoms with van der Waals surface area (Å²) in [6.07, 6.45) is 2.59. The van der Waals surface area contributed by atoms with Crippen molar-refractivity contribution >= 4 is 28.1 Å². The Kier molecular flexibility index (Phi) is 5.96. The molecule has 1 N–H and O–H groups in total. The van der Waals surface area contributed by atoms with Crippen LogP contribution in [0.15, 0.2) is 47.3 Å². The monoisotopic (exact) mass is 398 g/mol. The topological polar surface area (TPSA) is 107 Å². The van der Waals surface area contributed by atoms with Gasteiger partial charge in [-0.1, -0.05) is 38.0 Å². The third-order valence-electron chi connectivity index (χ3n) is 4.47. The number of nitrogens with one attached hydrogen (secondary N) is 1. The molecule has 0 unspecified atom stereocenters. The first-order chi connectivity index (χ1) is 13.9. The zero-order chi connectivity index (χ0) is 21.0. The number of amides is 1. The van der Waals surface area contributed by atoms with E-state index in [9.17, 15) is 24.1 Å². The van der Waals surface area contributed by atoms with Gasteiger partial charge in [-0.3, -0.25) is 19.7 Å².